The molecule has 17 heavy (non-hydrogen) atoms. The Labute approximate surface area is 104 Å². The van der Waals surface area contributed by atoms with Crippen LogP contribution in [0.3, 0.4) is 0 Å². The number of nitrogens with zero attached hydrogens (tertiary/aromatic N) is 2. The Morgan fingerprint density at radius 3 is 2.59 bits per heavy atom. The lowest BCUT2D eigenvalue weighted by Crippen LogP contribution is -2.37. The molecule has 0 aliphatic carbocycles. The van der Waals surface area contributed by atoms with E-state index < -0.39 is 10.1 Å². The average Bonchev–Trinajstić information content (AvgIpc) is 2.28. The molecule has 8 heteroatoms. The maximum absolute atomic E-state index is 11.2. The van der Waals surface area contributed by atoms with Gasteiger partial charge in [-0.05, 0) is 0 Å². The first-order valence-electron chi connectivity index (χ1n) is 4.94. The van der Waals surface area contributed by atoms with Crippen LogP contribution in [0.2, 0.25) is 5.02 Å². The van der Waals surface area contributed by atoms with Gasteiger partial charge in [0, 0.05) is 19.3 Å². The molecular weight excluding hydrogens is 268 g/mol. The van der Waals surface area contributed by atoms with Crippen molar-refractivity contribution in [3.8, 4) is 0 Å². The van der Waals surface area contributed by atoms with E-state index >= 15 is 0 Å². The van der Waals surface area contributed by atoms with Crippen molar-refractivity contribution in [2.24, 2.45) is 0 Å². The van der Waals surface area contributed by atoms with Crippen LogP contribution in [-0.2, 0) is 14.9 Å². The highest BCUT2D eigenvalue weighted by atomic mass is 35.5. The molecule has 1 aromatic heterocycles. The van der Waals surface area contributed by atoms with Gasteiger partial charge in [-0.25, -0.2) is 0 Å². The van der Waals surface area contributed by atoms with Gasteiger partial charge >= 0.3 is 0 Å². The second-order valence-corrected chi connectivity index (χ2v) is 5.34. The molecule has 0 unspecified atom stereocenters. The minimum absolute atomic E-state index is 0.196. The first-order chi connectivity index (χ1) is 8.00. The third kappa shape index (κ3) is 2.68. The maximum Gasteiger partial charge on any atom is 0.298 e. The molecule has 1 aromatic rings. The van der Waals surface area contributed by atoms with Crippen LogP contribution < -0.4 is 4.90 Å². The molecule has 0 amide bonds. The van der Waals surface area contributed by atoms with Crippen molar-refractivity contribution in [3.05, 3.63) is 17.4 Å². The Hall–Kier alpha value is -0.890. The Bertz CT molecular complexity index is 514. The summed E-state index contributed by atoms with van der Waals surface area (Å²) >= 11 is 5.95. The Kier molecular flexibility index (Phi) is 3.53. The summed E-state index contributed by atoms with van der Waals surface area (Å²) in [6, 6.07) is 0. The van der Waals surface area contributed by atoms with E-state index in [4.69, 9.17) is 20.9 Å². The van der Waals surface area contributed by atoms with Crippen molar-refractivity contribution in [1.82, 2.24) is 4.98 Å². The molecule has 0 radical (unpaired) electrons. The van der Waals surface area contributed by atoms with Gasteiger partial charge in [-0.1, -0.05) is 11.6 Å². The SMILES string of the molecule is O=S(=O)(O)c1cncc(Cl)c1N1CCOCC1. The van der Waals surface area contributed by atoms with Crippen molar-refractivity contribution in [1.29, 1.82) is 0 Å². The van der Waals surface area contributed by atoms with Gasteiger partial charge in [0.15, 0.2) is 0 Å². The predicted molar refractivity (Wildman–Crippen MR) is 62.1 cm³/mol. The number of hydrogen-bond donors (Lipinski definition) is 1. The molecule has 0 spiro atoms. The Morgan fingerprint density at radius 2 is 2.00 bits per heavy atom. The lowest BCUT2D eigenvalue weighted by Gasteiger charge is -2.30. The van der Waals surface area contributed by atoms with Crippen molar-refractivity contribution < 1.29 is 17.7 Å². The highest BCUT2D eigenvalue weighted by Gasteiger charge is 2.24. The fraction of sp³-hybridized carbons (Fsp3) is 0.444. The number of morpholine rings is 1. The molecular formula is C9H11ClN2O4S. The average molecular weight is 279 g/mol. The van der Waals surface area contributed by atoms with Crippen molar-refractivity contribution in [2.45, 2.75) is 4.90 Å². The first kappa shape index (κ1) is 12.6. The van der Waals surface area contributed by atoms with Gasteiger partial charge in [0.05, 0.1) is 30.1 Å². The zero-order valence-corrected chi connectivity index (χ0v) is 10.4. The smallest absolute Gasteiger partial charge is 0.298 e. The Balaban J connectivity index is 2.50. The summed E-state index contributed by atoms with van der Waals surface area (Å²) < 4.78 is 36.8. The van der Waals surface area contributed by atoms with Crippen molar-refractivity contribution >= 4 is 27.4 Å². The number of pyridine rings is 1. The van der Waals surface area contributed by atoms with Crippen LogP contribution in [0.15, 0.2) is 17.3 Å². The Morgan fingerprint density at radius 1 is 1.35 bits per heavy atom. The van der Waals surface area contributed by atoms with Gasteiger partial charge in [-0.2, -0.15) is 8.42 Å². The quantitative estimate of drug-likeness (QED) is 0.807. The van der Waals surface area contributed by atoms with E-state index in [9.17, 15) is 8.42 Å². The fourth-order valence-corrected chi connectivity index (χ4v) is 2.70. The summed E-state index contributed by atoms with van der Waals surface area (Å²) in [5.74, 6) is 0. The summed E-state index contributed by atoms with van der Waals surface area (Å²) in [5.41, 5.74) is 0.285. The number of hydrogen-bond acceptors (Lipinski definition) is 5. The number of aromatic nitrogens is 1. The van der Waals surface area contributed by atoms with Crippen LogP contribution in [0.5, 0.6) is 0 Å². The molecule has 0 saturated carbocycles. The summed E-state index contributed by atoms with van der Waals surface area (Å²) in [6.07, 6.45) is 2.44. The highest BCUT2D eigenvalue weighted by molar-refractivity contribution is 7.86. The van der Waals surface area contributed by atoms with Crippen LogP contribution in [-0.4, -0.2) is 44.3 Å². The van der Waals surface area contributed by atoms with E-state index in [1.54, 1.807) is 4.90 Å². The molecule has 1 aliphatic rings. The van der Waals surface area contributed by atoms with Gasteiger partial charge in [0.2, 0.25) is 0 Å². The van der Waals surface area contributed by atoms with E-state index in [0.29, 0.717) is 26.3 Å². The van der Waals surface area contributed by atoms with E-state index in [0.717, 1.165) is 6.20 Å². The lowest BCUT2D eigenvalue weighted by molar-refractivity contribution is 0.122. The molecule has 1 fully saturated rings. The normalized spacial score (nSPS) is 17.2. The molecule has 0 atom stereocenters. The third-order valence-corrected chi connectivity index (χ3v) is 3.58. The molecule has 0 bridgehead atoms. The monoisotopic (exact) mass is 278 g/mol. The topological polar surface area (TPSA) is 79.7 Å². The van der Waals surface area contributed by atoms with E-state index in [1.165, 1.54) is 6.20 Å². The number of rotatable bonds is 2. The summed E-state index contributed by atoms with van der Waals surface area (Å²) in [4.78, 5) is 5.17. The summed E-state index contributed by atoms with van der Waals surface area (Å²) in [7, 11) is -4.33. The van der Waals surface area contributed by atoms with Crippen LogP contribution >= 0.6 is 11.6 Å². The van der Waals surface area contributed by atoms with Gasteiger partial charge in [-0.15, -0.1) is 0 Å². The van der Waals surface area contributed by atoms with Crippen LogP contribution in [0.4, 0.5) is 5.69 Å². The van der Waals surface area contributed by atoms with Gasteiger partial charge in [0.1, 0.15) is 4.90 Å². The minimum atomic E-state index is -4.33. The first-order valence-corrected chi connectivity index (χ1v) is 6.75. The van der Waals surface area contributed by atoms with Crippen LogP contribution in [0.25, 0.3) is 0 Å². The lowest BCUT2D eigenvalue weighted by atomic mass is 10.3. The number of ether oxygens (including phenoxy) is 1. The third-order valence-electron chi connectivity index (χ3n) is 2.44. The van der Waals surface area contributed by atoms with Crippen LogP contribution in [0.1, 0.15) is 0 Å². The summed E-state index contributed by atoms with van der Waals surface area (Å²) in [5, 5.41) is 0.196. The summed E-state index contributed by atoms with van der Waals surface area (Å²) in [6.45, 7) is 2.02. The zero-order chi connectivity index (χ0) is 12.5. The van der Waals surface area contributed by atoms with Crippen molar-refractivity contribution in [3.63, 3.8) is 0 Å². The van der Waals surface area contributed by atoms with Gasteiger partial charge < -0.3 is 9.64 Å². The second-order valence-electron chi connectivity index (χ2n) is 3.54. The molecule has 94 valence electrons. The molecule has 2 rings (SSSR count). The number of anilines is 1. The molecule has 2 heterocycles. The highest BCUT2D eigenvalue weighted by Crippen LogP contribution is 2.32. The van der Waals surface area contributed by atoms with Crippen LogP contribution in [0, 0.1) is 0 Å². The molecule has 0 aromatic carbocycles. The molecule has 6 nitrogen and oxygen atoms in total. The second kappa shape index (κ2) is 4.77. The largest absolute Gasteiger partial charge is 0.378 e. The predicted octanol–water partition coefficient (Wildman–Crippen LogP) is 0.818. The molecule has 1 saturated heterocycles. The van der Waals surface area contributed by atoms with Gasteiger partial charge in [0.25, 0.3) is 10.1 Å². The zero-order valence-electron chi connectivity index (χ0n) is 8.84. The molecule has 1 aliphatic heterocycles. The van der Waals surface area contributed by atoms with E-state index in [-0.39, 0.29) is 15.6 Å². The van der Waals surface area contributed by atoms with Crippen molar-refractivity contribution in [2.75, 3.05) is 31.2 Å². The van der Waals surface area contributed by atoms with E-state index in [1.807, 2.05) is 0 Å². The minimum Gasteiger partial charge on any atom is -0.378 e. The van der Waals surface area contributed by atoms with Gasteiger partial charge in [-0.3, -0.25) is 9.54 Å². The number of halogens is 1. The van der Waals surface area contributed by atoms with E-state index in [2.05, 4.69) is 4.98 Å². The maximum atomic E-state index is 11.2. The standard InChI is InChI=1S/C9H11ClN2O4S/c10-7-5-11-6-8(17(13,14)15)9(7)12-1-3-16-4-2-12/h5-6H,1-4H2,(H,13,14,15). The molecule has 1 N–H and O–H groups in total. The fourth-order valence-electron chi connectivity index (χ4n) is 1.69.